The van der Waals surface area contributed by atoms with Crippen molar-refractivity contribution in [2.24, 2.45) is 5.92 Å². The number of rotatable bonds is 6. The first-order chi connectivity index (χ1) is 8.88. The fraction of sp³-hybridized carbons (Fsp3) is 0.583. The summed E-state index contributed by atoms with van der Waals surface area (Å²) in [6.07, 6.45) is 1.46. The van der Waals surface area contributed by atoms with Gasteiger partial charge in [0.1, 0.15) is 5.76 Å². The summed E-state index contributed by atoms with van der Waals surface area (Å²) in [7, 11) is 0. The number of hydrogen-bond acceptors (Lipinski definition) is 4. The van der Waals surface area contributed by atoms with E-state index in [1.165, 1.54) is 0 Å². The molecule has 1 unspecified atom stereocenters. The molecule has 0 bridgehead atoms. The van der Waals surface area contributed by atoms with Crippen molar-refractivity contribution in [3.8, 4) is 0 Å². The Labute approximate surface area is 111 Å². The zero-order chi connectivity index (χ0) is 14.4. The van der Waals surface area contributed by atoms with Gasteiger partial charge in [0.25, 0.3) is 0 Å². The van der Waals surface area contributed by atoms with Crippen LogP contribution in [0.25, 0.3) is 0 Å². The number of carboxylic acid groups (broad SMARTS) is 1. The molecule has 106 valence electrons. The van der Waals surface area contributed by atoms with Gasteiger partial charge in [0.05, 0.1) is 19.2 Å². The first kappa shape index (κ1) is 15.0. The zero-order valence-corrected chi connectivity index (χ0v) is 11.3. The molecule has 1 rings (SSSR count). The molecule has 0 aliphatic rings. The molecule has 0 aliphatic carbocycles. The second-order valence-corrected chi connectivity index (χ2v) is 4.64. The maximum atomic E-state index is 11.6. The third kappa shape index (κ3) is 5.41. The van der Waals surface area contributed by atoms with E-state index in [0.717, 1.165) is 0 Å². The lowest BCUT2D eigenvalue weighted by atomic mass is 10.0. The van der Waals surface area contributed by atoms with Crippen LogP contribution >= 0.6 is 0 Å². The van der Waals surface area contributed by atoms with Crippen LogP contribution in [-0.4, -0.2) is 28.1 Å². The molecule has 3 N–H and O–H groups in total. The van der Waals surface area contributed by atoms with Gasteiger partial charge in [0, 0.05) is 6.04 Å². The molecular weight excluding hydrogens is 250 g/mol. The Hall–Kier alpha value is -2.05. The van der Waals surface area contributed by atoms with Gasteiger partial charge in [-0.3, -0.25) is 4.79 Å². The van der Waals surface area contributed by atoms with Crippen LogP contribution in [0.4, 0.5) is 4.79 Å². The number of nitrogens with one attached hydrogen (secondary N) is 2. The predicted molar refractivity (Wildman–Crippen MR) is 67.5 cm³/mol. The van der Waals surface area contributed by atoms with Gasteiger partial charge < -0.3 is 20.2 Å². The summed E-state index contributed by atoms with van der Waals surface area (Å²) < 4.78 is 5.20. The molecule has 0 radical (unpaired) electrons. The van der Waals surface area contributed by atoms with Gasteiger partial charge in [-0.1, -0.05) is 13.8 Å². The number of oxazole rings is 1. The predicted octanol–water partition coefficient (Wildman–Crippen LogP) is 1.28. The van der Waals surface area contributed by atoms with Crippen LogP contribution in [0.2, 0.25) is 0 Å². The third-order valence-corrected chi connectivity index (χ3v) is 2.59. The lowest BCUT2D eigenvalue weighted by Crippen LogP contribution is -2.45. The van der Waals surface area contributed by atoms with E-state index in [4.69, 9.17) is 9.52 Å². The SMILES string of the molecule is Cc1cnc(CNC(=O)NC(CC(=O)O)C(C)C)o1. The van der Waals surface area contributed by atoms with E-state index in [9.17, 15) is 9.59 Å². The number of amides is 2. The van der Waals surface area contributed by atoms with Crippen LogP contribution in [0.15, 0.2) is 10.6 Å². The minimum Gasteiger partial charge on any atom is -0.481 e. The topological polar surface area (TPSA) is 104 Å². The van der Waals surface area contributed by atoms with Crippen molar-refractivity contribution in [3.63, 3.8) is 0 Å². The normalized spacial score (nSPS) is 12.2. The number of urea groups is 1. The highest BCUT2D eigenvalue weighted by molar-refractivity contribution is 5.75. The van der Waals surface area contributed by atoms with E-state index < -0.39 is 18.0 Å². The van der Waals surface area contributed by atoms with Crippen LogP contribution in [0.3, 0.4) is 0 Å². The highest BCUT2D eigenvalue weighted by Gasteiger charge is 2.19. The van der Waals surface area contributed by atoms with Gasteiger partial charge in [-0.25, -0.2) is 9.78 Å². The van der Waals surface area contributed by atoms with Crippen LogP contribution in [0, 0.1) is 12.8 Å². The largest absolute Gasteiger partial charge is 0.481 e. The summed E-state index contributed by atoms with van der Waals surface area (Å²) in [6, 6.07) is -0.848. The van der Waals surface area contributed by atoms with E-state index >= 15 is 0 Å². The van der Waals surface area contributed by atoms with Crippen molar-refractivity contribution in [3.05, 3.63) is 17.8 Å². The number of aryl methyl sites for hydroxylation is 1. The summed E-state index contributed by atoms with van der Waals surface area (Å²) in [4.78, 5) is 26.3. The van der Waals surface area contributed by atoms with Crippen LogP contribution in [0.1, 0.15) is 31.9 Å². The van der Waals surface area contributed by atoms with Crippen LogP contribution in [0.5, 0.6) is 0 Å². The van der Waals surface area contributed by atoms with E-state index in [-0.39, 0.29) is 18.9 Å². The standard InChI is InChI=1S/C12H19N3O4/c1-7(2)9(4-11(16)17)15-12(18)14-6-10-13-5-8(3)19-10/h5,7,9H,4,6H2,1-3H3,(H,16,17)(H2,14,15,18). The van der Waals surface area contributed by atoms with Crippen molar-refractivity contribution in [2.75, 3.05) is 0 Å². The molecule has 1 heterocycles. The Morgan fingerprint density at radius 2 is 2.16 bits per heavy atom. The molecule has 1 aromatic heterocycles. The Morgan fingerprint density at radius 1 is 1.47 bits per heavy atom. The Bertz CT molecular complexity index is 442. The maximum Gasteiger partial charge on any atom is 0.315 e. The highest BCUT2D eigenvalue weighted by atomic mass is 16.4. The maximum absolute atomic E-state index is 11.6. The average molecular weight is 269 g/mol. The number of carbonyl (C=O) groups excluding carboxylic acids is 1. The van der Waals surface area contributed by atoms with Crippen molar-refractivity contribution < 1.29 is 19.1 Å². The van der Waals surface area contributed by atoms with Crippen molar-refractivity contribution in [1.29, 1.82) is 0 Å². The lowest BCUT2D eigenvalue weighted by Gasteiger charge is -2.20. The Morgan fingerprint density at radius 3 is 2.63 bits per heavy atom. The third-order valence-electron chi connectivity index (χ3n) is 2.59. The van der Waals surface area contributed by atoms with Gasteiger partial charge in [-0.05, 0) is 12.8 Å². The minimum atomic E-state index is -0.942. The highest BCUT2D eigenvalue weighted by Crippen LogP contribution is 2.06. The van der Waals surface area contributed by atoms with Gasteiger partial charge in [-0.2, -0.15) is 0 Å². The zero-order valence-electron chi connectivity index (χ0n) is 11.3. The van der Waals surface area contributed by atoms with Crippen molar-refractivity contribution in [1.82, 2.24) is 15.6 Å². The molecule has 1 atom stereocenters. The second-order valence-electron chi connectivity index (χ2n) is 4.64. The summed E-state index contributed by atoms with van der Waals surface area (Å²) in [5, 5.41) is 14.0. The number of aliphatic carboxylic acids is 1. The molecular formula is C12H19N3O4. The molecule has 0 fully saturated rings. The summed E-state index contributed by atoms with van der Waals surface area (Å²) in [6.45, 7) is 5.63. The monoisotopic (exact) mass is 269 g/mol. The first-order valence-electron chi connectivity index (χ1n) is 6.06. The second kappa shape index (κ2) is 6.77. The quantitative estimate of drug-likeness (QED) is 0.721. The first-order valence-corrected chi connectivity index (χ1v) is 6.06. The Kier molecular flexibility index (Phi) is 5.35. The number of nitrogens with zero attached hydrogens (tertiary/aromatic N) is 1. The molecule has 7 nitrogen and oxygen atoms in total. The van der Waals surface area contributed by atoms with Gasteiger partial charge in [0.2, 0.25) is 5.89 Å². The molecule has 0 saturated heterocycles. The molecule has 2 amide bonds. The molecule has 0 saturated carbocycles. The summed E-state index contributed by atoms with van der Waals surface area (Å²) in [5.74, 6) is 0.170. The van der Waals surface area contributed by atoms with Gasteiger partial charge >= 0.3 is 12.0 Å². The lowest BCUT2D eigenvalue weighted by molar-refractivity contribution is -0.137. The van der Waals surface area contributed by atoms with E-state index in [1.54, 1.807) is 13.1 Å². The van der Waals surface area contributed by atoms with E-state index in [0.29, 0.717) is 11.7 Å². The number of carboxylic acids is 1. The van der Waals surface area contributed by atoms with Crippen molar-refractivity contribution in [2.45, 2.75) is 39.8 Å². The molecule has 7 heteroatoms. The van der Waals surface area contributed by atoms with Gasteiger partial charge in [-0.15, -0.1) is 0 Å². The summed E-state index contributed by atoms with van der Waals surface area (Å²) in [5.41, 5.74) is 0. The summed E-state index contributed by atoms with van der Waals surface area (Å²) >= 11 is 0. The van der Waals surface area contributed by atoms with Crippen molar-refractivity contribution >= 4 is 12.0 Å². The molecule has 0 aromatic carbocycles. The average Bonchev–Trinajstić information content (AvgIpc) is 2.71. The van der Waals surface area contributed by atoms with Crippen LogP contribution in [-0.2, 0) is 11.3 Å². The fourth-order valence-corrected chi connectivity index (χ4v) is 1.50. The van der Waals surface area contributed by atoms with Crippen LogP contribution < -0.4 is 10.6 Å². The van der Waals surface area contributed by atoms with E-state index in [2.05, 4.69) is 15.6 Å². The molecule has 19 heavy (non-hydrogen) atoms. The Balaban J connectivity index is 2.42. The molecule has 1 aromatic rings. The minimum absolute atomic E-state index is 0.0332. The van der Waals surface area contributed by atoms with E-state index in [1.807, 2.05) is 13.8 Å². The van der Waals surface area contributed by atoms with Gasteiger partial charge in [0.15, 0.2) is 0 Å². The number of aromatic nitrogens is 1. The number of carbonyl (C=O) groups is 2. The smallest absolute Gasteiger partial charge is 0.315 e. The number of hydrogen-bond donors (Lipinski definition) is 3. The fourth-order valence-electron chi connectivity index (χ4n) is 1.50. The molecule has 0 aliphatic heterocycles. The molecule has 0 spiro atoms.